The fourth-order valence-electron chi connectivity index (χ4n) is 1.97. The summed E-state index contributed by atoms with van der Waals surface area (Å²) in [5.41, 5.74) is 3.25. The summed E-state index contributed by atoms with van der Waals surface area (Å²) in [7, 11) is 0. The smallest absolute Gasteiger partial charge is 0.250 e. The van der Waals surface area contributed by atoms with Gasteiger partial charge < -0.3 is 0 Å². The maximum atomic E-state index is 11.9. The van der Waals surface area contributed by atoms with E-state index in [0.717, 1.165) is 16.7 Å². The molecule has 116 valence electrons. The first kappa shape index (κ1) is 15.3. The molecule has 1 amide bonds. The van der Waals surface area contributed by atoms with Crippen LogP contribution in [0.1, 0.15) is 31.2 Å². The van der Waals surface area contributed by atoms with Gasteiger partial charge >= 0.3 is 0 Å². The predicted molar refractivity (Wildman–Crippen MR) is 93.4 cm³/mol. The van der Waals surface area contributed by atoms with E-state index in [1.165, 1.54) is 17.4 Å². The number of carbonyl (C=O) groups excluding carboxylic acids is 1. The van der Waals surface area contributed by atoms with Crippen LogP contribution in [0.25, 0.3) is 17.1 Å². The Balaban J connectivity index is 1.69. The van der Waals surface area contributed by atoms with Crippen LogP contribution in [0.5, 0.6) is 0 Å². The molecule has 5 nitrogen and oxygen atoms in total. The highest BCUT2D eigenvalue weighted by molar-refractivity contribution is 7.14. The molecule has 0 radical (unpaired) electrons. The normalized spacial score (nSPS) is 11.4. The van der Waals surface area contributed by atoms with Crippen molar-refractivity contribution in [3.63, 3.8) is 0 Å². The lowest BCUT2D eigenvalue weighted by Gasteiger charge is -1.99. The molecular formula is C17H16N4OS. The monoisotopic (exact) mass is 324 g/mol. The van der Waals surface area contributed by atoms with Crippen molar-refractivity contribution in [2.45, 2.75) is 19.8 Å². The van der Waals surface area contributed by atoms with Gasteiger partial charge in [-0.1, -0.05) is 26.0 Å². The number of hydrogen-bond acceptors (Lipinski definition) is 5. The standard InChI is InChI=1S/C17H16N4OS/c1-11(2)15-10-23-17(20-15)21-16(22)8-7-12-9-18-13-5-3-4-6-14(13)19-12/h3-11H,1-2H3,(H,20,21,22)/b8-7+. The highest BCUT2D eigenvalue weighted by Crippen LogP contribution is 2.21. The Morgan fingerprint density at radius 3 is 2.74 bits per heavy atom. The van der Waals surface area contributed by atoms with E-state index in [1.807, 2.05) is 29.6 Å². The van der Waals surface area contributed by atoms with Crippen LogP contribution < -0.4 is 5.32 Å². The second kappa shape index (κ2) is 6.66. The van der Waals surface area contributed by atoms with E-state index >= 15 is 0 Å². The molecule has 0 aliphatic carbocycles. The van der Waals surface area contributed by atoms with Crippen molar-refractivity contribution >= 4 is 39.5 Å². The summed E-state index contributed by atoms with van der Waals surface area (Å²) in [4.78, 5) is 25.1. The van der Waals surface area contributed by atoms with Crippen molar-refractivity contribution in [2.24, 2.45) is 0 Å². The van der Waals surface area contributed by atoms with E-state index in [0.29, 0.717) is 16.7 Å². The van der Waals surface area contributed by atoms with Gasteiger partial charge in [0, 0.05) is 11.5 Å². The van der Waals surface area contributed by atoms with Crippen LogP contribution in [0.3, 0.4) is 0 Å². The Morgan fingerprint density at radius 1 is 1.22 bits per heavy atom. The summed E-state index contributed by atoms with van der Waals surface area (Å²) in [6, 6.07) is 7.62. The second-order valence-electron chi connectivity index (χ2n) is 5.34. The second-order valence-corrected chi connectivity index (χ2v) is 6.20. The van der Waals surface area contributed by atoms with E-state index in [2.05, 4.69) is 34.1 Å². The number of amides is 1. The number of carbonyl (C=O) groups is 1. The molecule has 0 saturated carbocycles. The molecular weight excluding hydrogens is 308 g/mol. The highest BCUT2D eigenvalue weighted by atomic mass is 32.1. The number of aromatic nitrogens is 3. The fraction of sp³-hybridized carbons (Fsp3) is 0.176. The number of anilines is 1. The van der Waals surface area contributed by atoms with Crippen LogP contribution in [0.15, 0.2) is 41.9 Å². The van der Waals surface area contributed by atoms with Gasteiger partial charge in [-0.2, -0.15) is 0 Å². The molecule has 0 aliphatic rings. The molecule has 3 aromatic rings. The van der Waals surface area contributed by atoms with Gasteiger partial charge in [-0.25, -0.2) is 9.97 Å². The first-order valence-corrected chi connectivity index (χ1v) is 8.16. The fourth-order valence-corrected chi connectivity index (χ4v) is 2.84. The number of para-hydroxylation sites is 2. The quantitative estimate of drug-likeness (QED) is 0.740. The largest absolute Gasteiger partial charge is 0.298 e. The van der Waals surface area contributed by atoms with E-state index in [4.69, 9.17) is 0 Å². The third-order valence-corrected chi connectivity index (χ3v) is 3.99. The molecule has 0 unspecified atom stereocenters. The van der Waals surface area contributed by atoms with Crippen LogP contribution in [-0.2, 0) is 4.79 Å². The summed E-state index contributed by atoms with van der Waals surface area (Å²) in [6.07, 6.45) is 4.73. The Hall–Kier alpha value is -2.60. The van der Waals surface area contributed by atoms with E-state index in [9.17, 15) is 4.79 Å². The molecule has 23 heavy (non-hydrogen) atoms. The Morgan fingerprint density at radius 2 is 2.00 bits per heavy atom. The minimum atomic E-state index is -0.232. The number of rotatable bonds is 4. The van der Waals surface area contributed by atoms with Crippen LogP contribution in [0.4, 0.5) is 5.13 Å². The molecule has 6 heteroatoms. The van der Waals surface area contributed by atoms with Gasteiger partial charge in [0.15, 0.2) is 5.13 Å². The number of benzene rings is 1. The molecule has 3 rings (SSSR count). The Labute approximate surface area is 138 Å². The number of fused-ring (bicyclic) bond motifs is 1. The van der Waals surface area contributed by atoms with Gasteiger partial charge in [0.25, 0.3) is 0 Å². The van der Waals surface area contributed by atoms with Gasteiger partial charge in [-0.05, 0) is 24.1 Å². The third-order valence-electron chi connectivity index (χ3n) is 3.22. The lowest BCUT2D eigenvalue weighted by molar-refractivity contribution is -0.111. The molecule has 0 spiro atoms. The lowest BCUT2D eigenvalue weighted by atomic mass is 10.2. The first-order chi connectivity index (χ1) is 11.1. The zero-order valence-electron chi connectivity index (χ0n) is 12.9. The zero-order chi connectivity index (χ0) is 16.2. The number of hydrogen-bond donors (Lipinski definition) is 1. The molecule has 0 saturated heterocycles. The summed E-state index contributed by atoms with van der Waals surface area (Å²) < 4.78 is 0. The summed E-state index contributed by atoms with van der Waals surface area (Å²) in [6.45, 7) is 4.14. The molecule has 0 atom stereocenters. The van der Waals surface area contributed by atoms with Gasteiger partial charge in [0.2, 0.25) is 5.91 Å². The van der Waals surface area contributed by atoms with Gasteiger partial charge in [-0.15, -0.1) is 11.3 Å². The van der Waals surface area contributed by atoms with Crippen LogP contribution >= 0.6 is 11.3 Å². The zero-order valence-corrected chi connectivity index (χ0v) is 13.7. The molecule has 2 aromatic heterocycles. The molecule has 0 bridgehead atoms. The van der Waals surface area contributed by atoms with Crippen molar-refractivity contribution in [1.82, 2.24) is 15.0 Å². The molecule has 0 fully saturated rings. The molecule has 2 heterocycles. The minimum Gasteiger partial charge on any atom is -0.298 e. The number of nitrogens with one attached hydrogen (secondary N) is 1. The van der Waals surface area contributed by atoms with Crippen LogP contribution in [0, 0.1) is 0 Å². The molecule has 1 aromatic carbocycles. The number of thiazole rings is 1. The van der Waals surface area contributed by atoms with Crippen molar-refractivity contribution in [3.05, 3.63) is 53.3 Å². The average Bonchev–Trinajstić information content (AvgIpc) is 3.01. The Bertz CT molecular complexity index is 870. The highest BCUT2D eigenvalue weighted by Gasteiger charge is 2.07. The Kier molecular flexibility index (Phi) is 4.43. The molecule has 1 N–H and O–H groups in total. The van der Waals surface area contributed by atoms with Crippen molar-refractivity contribution in [3.8, 4) is 0 Å². The topological polar surface area (TPSA) is 67.8 Å². The van der Waals surface area contributed by atoms with Crippen molar-refractivity contribution < 1.29 is 4.79 Å². The average molecular weight is 324 g/mol. The van der Waals surface area contributed by atoms with Crippen LogP contribution in [-0.4, -0.2) is 20.9 Å². The first-order valence-electron chi connectivity index (χ1n) is 7.28. The SMILES string of the molecule is CC(C)c1csc(NC(=O)/C=C/c2cnc3ccccc3n2)n1. The molecule has 0 aliphatic heterocycles. The lowest BCUT2D eigenvalue weighted by Crippen LogP contribution is -2.07. The maximum absolute atomic E-state index is 11.9. The summed E-state index contributed by atoms with van der Waals surface area (Å²) in [5, 5.41) is 5.32. The predicted octanol–water partition coefficient (Wildman–Crippen LogP) is 3.86. The summed E-state index contributed by atoms with van der Waals surface area (Å²) in [5.74, 6) is 0.116. The van der Waals surface area contributed by atoms with Crippen LogP contribution in [0.2, 0.25) is 0 Å². The third kappa shape index (κ3) is 3.78. The van der Waals surface area contributed by atoms with E-state index in [1.54, 1.807) is 12.3 Å². The van der Waals surface area contributed by atoms with E-state index < -0.39 is 0 Å². The van der Waals surface area contributed by atoms with Gasteiger partial charge in [0.1, 0.15) is 0 Å². The summed E-state index contributed by atoms with van der Waals surface area (Å²) >= 11 is 1.42. The van der Waals surface area contributed by atoms with Crippen molar-refractivity contribution in [2.75, 3.05) is 5.32 Å². The van der Waals surface area contributed by atoms with Crippen molar-refractivity contribution in [1.29, 1.82) is 0 Å². The van der Waals surface area contributed by atoms with E-state index in [-0.39, 0.29) is 5.91 Å². The van der Waals surface area contributed by atoms with Gasteiger partial charge in [0.05, 0.1) is 28.6 Å². The minimum absolute atomic E-state index is 0.232. The van der Waals surface area contributed by atoms with Gasteiger partial charge in [-0.3, -0.25) is 15.1 Å². The number of nitrogens with zero attached hydrogens (tertiary/aromatic N) is 3. The maximum Gasteiger partial charge on any atom is 0.250 e.